The van der Waals surface area contributed by atoms with Crippen LogP contribution in [0.25, 0.3) is 0 Å². The lowest BCUT2D eigenvalue weighted by molar-refractivity contribution is -0.137. The van der Waals surface area contributed by atoms with E-state index < -0.39 is 11.7 Å². The van der Waals surface area contributed by atoms with Crippen molar-refractivity contribution in [1.82, 2.24) is 0 Å². The van der Waals surface area contributed by atoms with Crippen molar-refractivity contribution >= 4 is 11.6 Å². The smallest absolute Gasteiger partial charge is 0.396 e. The first-order valence-corrected chi connectivity index (χ1v) is 4.95. The quantitative estimate of drug-likeness (QED) is 0.869. The number of nitrogens with two attached hydrogens (primary N) is 1. The van der Waals surface area contributed by atoms with Crippen LogP contribution in [0.2, 0.25) is 5.02 Å². The van der Waals surface area contributed by atoms with Crippen LogP contribution in [0.5, 0.6) is 0 Å². The van der Waals surface area contributed by atoms with E-state index >= 15 is 0 Å². The molecule has 0 amide bonds. The molecule has 0 heterocycles. The van der Waals surface area contributed by atoms with E-state index in [0.717, 1.165) is 6.07 Å². The highest BCUT2D eigenvalue weighted by atomic mass is 35.5. The number of rotatable bonds is 3. The van der Waals surface area contributed by atoms with Crippen molar-refractivity contribution < 1.29 is 18.3 Å². The molecule has 1 atom stereocenters. The third kappa shape index (κ3) is 2.87. The van der Waals surface area contributed by atoms with Gasteiger partial charge in [0.05, 0.1) is 17.2 Å². The van der Waals surface area contributed by atoms with E-state index in [1.54, 1.807) is 0 Å². The summed E-state index contributed by atoms with van der Waals surface area (Å²) in [6, 6.07) is 3.37. The number of hydrogen-bond acceptors (Lipinski definition) is 2. The maximum Gasteiger partial charge on any atom is 0.417 e. The van der Waals surface area contributed by atoms with Crippen LogP contribution in [0.1, 0.15) is 17.0 Å². The minimum atomic E-state index is -4.47. The third-order valence-electron chi connectivity index (χ3n) is 2.27. The molecule has 90 valence electrons. The summed E-state index contributed by atoms with van der Waals surface area (Å²) < 4.78 is 37.2. The number of halogens is 4. The fraction of sp³-hybridized carbons (Fsp3) is 0.400. The average molecular weight is 254 g/mol. The molecule has 3 N–H and O–H groups in total. The van der Waals surface area contributed by atoms with Crippen LogP contribution in [0.15, 0.2) is 18.2 Å². The van der Waals surface area contributed by atoms with Crippen LogP contribution in [-0.4, -0.2) is 18.3 Å². The summed E-state index contributed by atoms with van der Waals surface area (Å²) in [7, 11) is 0. The molecule has 0 saturated heterocycles. The van der Waals surface area contributed by atoms with Gasteiger partial charge in [-0.25, -0.2) is 0 Å². The van der Waals surface area contributed by atoms with E-state index in [1.807, 2.05) is 0 Å². The molecule has 0 fully saturated rings. The van der Waals surface area contributed by atoms with Gasteiger partial charge in [-0.3, -0.25) is 0 Å². The molecule has 0 aliphatic heterocycles. The standard InChI is InChI=1S/C10H11ClF3NO/c11-9-3-6(7(4-15)5-16)1-2-8(9)10(12,13)14/h1-3,7,16H,4-5,15H2. The van der Waals surface area contributed by atoms with E-state index in [1.165, 1.54) is 12.1 Å². The zero-order valence-corrected chi connectivity index (χ0v) is 9.02. The molecule has 1 aromatic carbocycles. The predicted molar refractivity (Wildman–Crippen MR) is 55.3 cm³/mol. The van der Waals surface area contributed by atoms with Crippen molar-refractivity contribution in [2.75, 3.05) is 13.2 Å². The molecule has 16 heavy (non-hydrogen) atoms. The number of benzene rings is 1. The molecule has 2 nitrogen and oxygen atoms in total. The lowest BCUT2D eigenvalue weighted by atomic mass is 9.99. The Morgan fingerprint density at radius 2 is 2.00 bits per heavy atom. The second-order valence-corrected chi connectivity index (χ2v) is 3.76. The SMILES string of the molecule is NCC(CO)c1ccc(C(F)(F)F)c(Cl)c1. The molecule has 1 rings (SSSR count). The highest BCUT2D eigenvalue weighted by Gasteiger charge is 2.33. The second kappa shape index (κ2) is 5.03. The Kier molecular flexibility index (Phi) is 4.18. The van der Waals surface area contributed by atoms with Crippen molar-refractivity contribution in [3.8, 4) is 0 Å². The molecule has 0 bridgehead atoms. The molecule has 6 heteroatoms. The Labute approximate surface area is 95.8 Å². The van der Waals surface area contributed by atoms with Gasteiger partial charge in [0.1, 0.15) is 0 Å². The molecular formula is C10H11ClF3NO. The van der Waals surface area contributed by atoms with Gasteiger partial charge in [-0.1, -0.05) is 17.7 Å². The summed E-state index contributed by atoms with van der Waals surface area (Å²) in [6.07, 6.45) is -4.47. The predicted octanol–water partition coefficient (Wildman–Crippen LogP) is 2.39. The normalized spacial score (nSPS) is 13.9. The van der Waals surface area contributed by atoms with Crippen LogP contribution >= 0.6 is 11.6 Å². The van der Waals surface area contributed by atoms with E-state index in [9.17, 15) is 13.2 Å². The van der Waals surface area contributed by atoms with Crippen LogP contribution in [-0.2, 0) is 6.18 Å². The Morgan fingerprint density at radius 3 is 2.38 bits per heavy atom. The molecule has 0 spiro atoms. The van der Waals surface area contributed by atoms with Crippen LogP contribution in [0, 0.1) is 0 Å². The molecule has 0 radical (unpaired) electrons. The lowest BCUT2D eigenvalue weighted by Crippen LogP contribution is -2.16. The third-order valence-corrected chi connectivity index (χ3v) is 2.59. The van der Waals surface area contributed by atoms with Crippen LogP contribution < -0.4 is 5.73 Å². The van der Waals surface area contributed by atoms with Gasteiger partial charge in [0.25, 0.3) is 0 Å². The van der Waals surface area contributed by atoms with Crippen molar-refractivity contribution in [2.45, 2.75) is 12.1 Å². The minimum absolute atomic E-state index is 0.151. The fourth-order valence-corrected chi connectivity index (χ4v) is 1.63. The fourth-order valence-electron chi connectivity index (χ4n) is 1.33. The Balaban J connectivity index is 3.08. The molecule has 0 saturated carbocycles. The van der Waals surface area contributed by atoms with Gasteiger partial charge in [-0.2, -0.15) is 13.2 Å². The van der Waals surface area contributed by atoms with Crippen molar-refractivity contribution in [3.05, 3.63) is 34.3 Å². The summed E-state index contributed by atoms with van der Waals surface area (Å²) in [6.45, 7) is -0.0730. The van der Waals surface area contributed by atoms with E-state index in [-0.39, 0.29) is 24.1 Å². The molecule has 1 unspecified atom stereocenters. The Morgan fingerprint density at radius 1 is 1.38 bits per heavy atom. The highest BCUT2D eigenvalue weighted by molar-refractivity contribution is 6.31. The maximum absolute atomic E-state index is 12.4. The van der Waals surface area contributed by atoms with Crippen molar-refractivity contribution in [1.29, 1.82) is 0 Å². The van der Waals surface area contributed by atoms with Crippen molar-refractivity contribution in [2.24, 2.45) is 5.73 Å². The zero-order chi connectivity index (χ0) is 12.3. The second-order valence-electron chi connectivity index (χ2n) is 3.35. The van der Waals surface area contributed by atoms with Gasteiger partial charge in [0, 0.05) is 12.5 Å². The number of hydrogen-bond donors (Lipinski definition) is 2. The van der Waals surface area contributed by atoms with E-state index in [4.69, 9.17) is 22.4 Å². The van der Waals surface area contributed by atoms with Crippen LogP contribution in [0.3, 0.4) is 0 Å². The Bertz CT molecular complexity index is 364. The Hall–Kier alpha value is -0.780. The summed E-state index contributed by atoms with van der Waals surface area (Å²) in [5, 5.41) is 8.58. The first-order valence-electron chi connectivity index (χ1n) is 4.57. The average Bonchev–Trinajstić information content (AvgIpc) is 2.17. The molecule has 0 aromatic heterocycles. The number of aliphatic hydroxyl groups excluding tert-OH is 1. The minimum Gasteiger partial charge on any atom is -0.396 e. The highest BCUT2D eigenvalue weighted by Crippen LogP contribution is 2.35. The lowest BCUT2D eigenvalue weighted by Gasteiger charge is -2.15. The van der Waals surface area contributed by atoms with E-state index in [2.05, 4.69) is 0 Å². The summed E-state index contributed by atoms with van der Waals surface area (Å²) >= 11 is 5.53. The molecule has 0 aliphatic carbocycles. The summed E-state index contributed by atoms with van der Waals surface area (Å²) in [5.74, 6) is -0.389. The summed E-state index contributed by atoms with van der Waals surface area (Å²) in [5.41, 5.74) is 4.98. The molecule has 1 aromatic rings. The largest absolute Gasteiger partial charge is 0.417 e. The maximum atomic E-state index is 12.4. The van der Waals surface area contributed by atoms with Gasteiger partial charge in [-0.05, 0) is 17.7 Å². The topological polar surface area (TPSA) is 46.2 Å². The molecule has 0 aliphatic rings. The van der Waals surface area contributed by atoms with Gasteiger partial charge in [0.15, 0.2) is 0 Å². The monoisotopic (exact) mass is 253 g/mol. The first kappa shape index (κ1) is 13.3. The van der Waals surface area contributed by atoms with Crippen LogP contribution in [0.4, 0.5) is 13.2 Å². The molecular weight excluding hydrogens is 243 g/mol. The van der Waals surface area contributed by atoms with Gasteiger partial charge in [0.2, 0.25) is 0 Å². The zero-order valence-electron chi connectivity index (χ0n) is 8.26. The van der Waals surface area contributed by atoms with Crippen molar-refractivity contribution in [3.63, 3.8) is 0 Å². The first-order chi connectivity index (χ1) is 7.40. The van der Waals surface area contributed by atoms with Gasteiger partial charge < -0.3 is 10.8 Å². The van der Waals surface area contributed by atoms with Gasteiger partial charge in [-0.15, -0.1) is 0 Å². The number of alkyl halides is 3. The van der Waals surface area contributed by atoms with Gasteiger partial charge >= 0.3 is 6.18 Å². The van der Waals surface area contributed by atoms with E-state index in [0.29, 0.717) is 5.56 Å². The summed E-state index contributed by atoms with van der Waals surface area (Å²) in [4.78, 5) is 0. The number of aliphatic hydroxyl groups is 1.